The van der Waals surface area contributed by atoms with Crippen LogP contribution >= 0.6 is 0 Å². The maximum Gasteiger partial charge on any atom is 0.255 e. The van der Waals surface area contributed by atoms with E-state index in [4.69, 9.17) is 4.74 Å². The summed E-state index contributed by atoms with van der Waals surface area (Å²) in [4.78, 5) is 15.1. The number of benzene rings is 3. The molecule has 0 aliphatic carbocycles. The Hall–Kier alpha value is -3.20. The van der Waals surface area contributed by atoms with Crippen LogP contribution in [0.2, 0.25) is 0 Å². The lowest BCUT2D eigenvalue weighted by molar-refractivity contribution is 0.102. The van der Waals surface area contributed by atoms with Crippen molar-refractivity contribution in [1.82, 2.24) is 9.21 Å². The average Bonchev–Trinajstić information content (AvgIpc) is 2.86. The number of anilines is 1. The van der Waals surface area contributed by atoms with E-state index in [1.54, 1.807) is 30.3 Å². The summed E-state index contributed by atoms with van der Waals surface area (Å²) in [6.45, 7) is 5.16. The van der Waals surface area contributed by atoms with Gasteiger partial charge in [-0.3, -0.25) is 9.69 Å². The standard InChI is InChI=1S/C26H29N3O4S/c1-2-33-25-14-13-23(19-24(25)27-26(30)22-11-7-4-8-12-22)34(31,32)29-17-15-28(16-18-29)20-21-9-5-3-6-10-21/h3-14,19H,2,15-18,20H2,1H3,(H,27,30). The lowest BCUT2D eigenvalue weighted by Gasteiger charge is -2.34. The summed E-state index contributed by atoms with van der Waals surface area (Å²) in [5.74, 6) is 0.101. The summed E-state index contributed by atoms with van der Waals surface area (Å²) in [7, 11) is -3.71. The van der Waals surface area contributed by atoms with Crippen molar-refractivity contribution in [1.29, 1.82) is 0 Å². The van der Waals surface area contributed by atoms with Gasteiger partial charge in [0, 0.05) is 38.3 Å². The number of hydrogen-bond acceptors (Lipinski definition) is 5. The Balaban J connectivity index is 1.49. The first-order valence-corrected chi connectivity index (χ1v) is 12.8. The zero-order chi connectivity index (χ0) is 24.0. The van der Waals surface area contributed by atoms with Crippen molar-refractivity contribution >= 4 is 21.6 Å². The fraction of sp³-hybridized carbons (Fsp3) is 0.269. The number of carbonyl (C=O) groups is 1. The average molecular weight is 480 g/mol. The van der Waals surface area contributed by atoms with Crippen LogP contribution in [-0.2, 0) is 16.6 Å². The largest absolute Gasteiger partial charge is 0.492 e. The van der Waals surface area contributed by atoms with Crippen LogP contribution in [0.5, 0.6) is 5.75 Å². The highest BCUT2D eigenvalue weighted by molar-refractivity contribution is 7.89. The summed E-state index contributed by atoms with van der Waals surface area (Å²) in [6.07, 6.45) is 0. The lowest BCUT2D eigenvalue weighted by Crippen LogP contribution is -2.48. The van der Waals surface area contributed by atoms with Gasteiger partial charge in [0.25, 0.3) is 5.91 Å². The van der Waals surface area contributed by atoms with Crippen molar-refractivity contribution in [3.63, 3.8) is 0 Å². The molecule has 8 heteroatoms. The Morgan fingerprint density at radius 2 is 1.56 bits per heavy atom. The third-order valence-corrected chi connectivity index (χ3v) is 7.65. The molecule has 0 radical (unpaired) electrons. The second-order valence-corrected chi connectivity index (χ2v) is 10.0. The number of nitrogens with zero attached hydrogens (tertiary/aromatic N) is 2. The van der Waals surface area contributed by atoms with Crippen LogP contribution in [0.4, 0.5) is 5.69 Å². The minimum absolute atomic E-state index is 0.135. The SMILES string of the molecule is CCOc1ccc(S(=O)(=O)N2CCN(Cc3ccccc3)CC2)cc1NC(=O)c1ccccc1. The van der Waals surface area contributed by atoms with Gasteiger partial charge in [-0.15, -0.1) is 0 Å². The summed E-state index contributed by atoms with van der Waals surface area (Å²) in [6, 6.07) is 23.6. The van der Waals surface area contributed by atoms with E-state index in [1.807, 2.05) is 31.2 Å². The molecule has 34 heavy (non-hydrogen) atoms. The minimum Gasteiger partial charge on any atom is -0.492 e. The van der Waals surface area contributed by atoms with E-state index in [9.17, 15) is 13.2 Å². The normalized spacial score (nSPS) is 15.1. The van der Waals surface area contributed by atoms with Gasteiger partial charge in [-0.1, -0.05) is 48.5 Å². The molecule has 1 aliphatic rings. The highest BCUT2D eigenvalue weighted by Crippen LogP contribution is 2.30. The third-order valence-electron chi connectivity index (χ3n) is 5.75. The van der Waals surface area contributed by atoms with Crippen molar-refractivity contribution in [3.8, 4) is 5.75 Å². The predicted molar refractivity (Wildman–Crippen MR) is 132 cm³/mol. The molecule has 1 heterocycles. The molecule has 0 unspecified atom stereocenters. The molecule has 0 aromatic heterocycles. The van der Waals surface area contributed by atoms with E-state index in [1.165, 1.54) is 22.0 Å². The second-order valence-electron chi connectivity index (χ2n) is 8.08. The van der Waals surface area contributed by atoms with Crippen LogP contribution in [0.25, 0.3) is 0 Å². The molecule has 1 amide bonds. The zero-order valence-electron chi connectivity index (χ0n) is 19.2. The second kappa shape index (κ2) is 10.8. The van der Waals surface area contributed by atoms with Crippen molar-refractivity contribution in [3.05, 3.63) is 90.0 Å². The Labute approximate surface area is 201 Å². The number of ether oxygens (including phenoxy) is 1. The summed E-state index contributed by atoms with van der Waals surface area (Å²) >= 11 is 0. The van der Waals surface area contributed by atoms with E-state index in [-0.39, 0.29) is 10.8 Å². The number of rotatable bonds is 8. The monoisotopic (exact) mass is 479 g/mol. The van der Waals surface area contributed by atoms with Gasteiger partial charge in [-0.05, 0) is 42.8 Å². The maximum atomic E-state index is 13.4. The van der Waals surface area contributed by atoms with Crippen LogP contribution < -0.4 is 10.1 Å². The Bertz CT molecular complexity index is 1210. The first-order chi connectivity index (χ1) is 16.5. The summed E-state index contributed by atoms with van der Waals surface area (Å²) in [5, 5.41) is 2.81. The zero-order valence-corrected chi connectivity index (χ0v) is 20.0. The summed E-state index contributed by atoms with van der Waals surface area (Å²) in [5.41, 5.74) is 2.02. The smallest absolute Gasteiger partial charge is 0.255 e. The first-order valence-electron chi connectivity index (χ1n) is 11.4. The van der Waals surface area contributed by atoms with Gasteiger partial charge in [0.15, 0.2) is 0 Å². The number of hydrogen-bond donors (Lipinski definition) is 1. The lowest BCUT2D eigenvalue weighted by atomic mass is 10.2. The topological polar surface area (TPSA) is 79.0 Å². The minimum atomic E-state index is -3.71. The molecule has 0 bridgehead atoms. The van der Waals surface area contributed by atoms with Crippen molar-refractivity contribution in [2.75, 3.05) is 38.1 Å². The fourth-order valence-corrected chi connectivity index (χ4v) is 5.40. The molecule has 0 spiro atoms. The molecule has 1 aliphatic heterocycles. The Morgan fingerprint density at radius 1 is 0.912 bits per heavy atom. The van der Waals surface area contributed by atoms with Gasteiger partial charge in [0.1, 0.15) is 5.75 Å². The first kappa shape index (κ1) is 23.9. The van der Waals surface area contributed by atoms with Crippen LogP contribution in [0.1, 0.15) is 22.8 Å². The molecule has 1 fully saturated rings. The van der Waals surface area contributed by atoms with Gasteiger partial charge in [-0.25, -0.2) is 8.42 Å². The highest BCUT2D eigenvalue weighted by atomic mass is 32.2. The number of piperazine rings is 1. The number of amides is 1. The van der Waals surface area contributed by atoms with Crippen molar-refractivity contribution in [2.45, 2.75) is 18.4 Å². The molecule has 4 rings (SSSR count). The van der Waals surface area contributed by atoms with Crippen molar-refractivity contribution < 1.29 is 17.9 Å². The van der Waals surface area contributed by atoms with Gasteiger partial charge < -0.3 is 10.1 Å². The maximum absolute atomic E-state index is 13.4. The number of sulfonamides is 1. The summed E-state index contributed by atoms with van der Waals surface area (Å²) < 4.78 is 33.9. The molecule has 7 nitrogen and oxygen atoms in total. The Morgan fingerprint density at radius 3 is 2.21 bits per heavy atom. The van der Waals surface area contributed by atoms with Gasteiger partial charge in [0.05, 0.1) is 17.2 Å². The number of carbonyl (C=O) groups excluding carboxylic acids is 1. The molecule has 3 aromatic carbocycles. The van der Waals surface area contributed by atoms with E-state index in [0.29, 0.717) is 49.8 Å². The van der Waals surface area contributed by atoms with E-state index in [2.05, 4.69) is 22.3 Å². The van der Waals surface area contributed by atoms with Crippen LogP contribution in [0.3, 0.4) is 0 Å². The molecule has 178 valence electrons. The molecule has 1 saturated heterocycles. The predicted octanol–water partition coefficient (Wildman–Crippen LogP) is 3.84. The van der Waals surface area contributed by atoms with E-state index >= 15 is 0 Å². The quantitative estimate of drug-likeness (QED) is 0.531. The molecule has 3 aromatic rings. The van der Waals surface area contributed by atoms with E-state index in [0.717, 1.165) is 6.54 Å². The molecule has 0 atom stereocenters. The molecular formula is C26H29N3O4S. The highest BCUT2D eigenvalue weighted by Gasteiger charge is 2.29. The van der Waals surface area contributed by atoms with Crippen LogP contribution in [0.15, 0.2) is 83.8 Å². The third kappa shape index (κ3) is 5.64. The fourth-order valence-electron chi connectivity index (χ4n) is 3.95. The Kier molecular flexibility index (Phi) is 7.62. The van der Waals surface area contributed by atoms with Gasteiger partial charge in [-0.2, -0.15) is 4.31 Å². The molecular weight excluding hydrogens is 450 g/mol. The van der Waals surface area contributed by atoms with Crippen LogP contribution in [-0.4, -0.2) is 56.3 Å². The van der Waals surface area contributed by atoms with Gasteiger partial charge in [0.2, 0.25) is 10.0 Å². The molecule has 0 saturated carbocycles. The van der Waals surface area contributed by atoms with E-state index < -0.39 is 10.0 Å². The number of nitrogens with one attached hydrogen (secondary N) is 1. The van der Waals surface area contributed by atoms with Crippen LogP contribution in [0, 0.1) is 0 Å². The van der Waals surface area contributed by atoms with Gasteiger partial charge >= 0.3 is 0 Å². The van der Waals surface area contributed by atoms with Crippen molar-refractivity contribution in [2.24, 2.45) is 0 Å². The molecule has 1 N–H and O–H groups in total.